The summed E-state index contributed by atoms with van der Waals surface area (Å²) >= 11 is 0. The normalized spacial score (nSPS) is 10.1. The molecule has 0 saturated heterocycles. The lowest BCUT2D eigenvalue weighted by Gasteiger charge is -2.06. The number of amides is 1. The molecule has 0 saturated carbocycles. The number of rotatable bonds is 4. The molecule has 0 atom stereocenters. The predicted octanol–water partition coefficient (Wildman–Crippen LogP) is 2.08. The van der Waals surface area contributed by atoms with E-state index < -0.39 is 11.9 Å². The Kier molecular flexibility index (Phi) is 3.98. The summed E-state index contributed by atoms with van der Waals surface area (Å²) in [4.78, 5) is 19.9. The fraction of sp³-hybridized carbons (Fsp3) is 0.0769. The molecule has 0 radical (unpaired) electrons. The van der Waals surface area contributed by atoms with Gasteiger partial charge in [0.2, 0.25) is 5.95 Å². The van der Waals surface area contributed by atoms with Crippen molar-refractivity contribution in [1.29, 1.82) is 0 Å². The van der Waals surface area contributed by atoms with Gasteiger partial charge in [-0.2, -0.15) is 4.39 Å². The SMILES string of the molecule is O=C(NOCc1ccccc1)c1cccnc1F. The molecule has 18 heavy (non-hydrogen) atoms. The Morgan fingerprint density at radius 2 is 2.00 bits per heavy atom. The Morgan fingerprint density at radius 1 is 1.22 bits per heavy atom. The fourth-order valence-electron chi connectivity index (χ4n) is 1.37. The molecule has 1 aromatic heterocycles. The van der Waals surface area contributed by atoms with E-state index >= 15 is 0 Å². The molecule has 1 heterocycles. The van der Waals surface area contributed by atoms with Crippen molar-refractivity contribution < 1.29 is 14.0 Å². The third-order valence-corrected chi connectivity index (χ3v) is 2.25. The molecule has 2 aromatic rings. The third kappa shape index (κ3) is 3.11. The average molecular weight is 246 g/mol. The number of hydrogen-bond acceptors (Lipinski definition) is 3. The number of aromatic nitrogens is 1. The van der Waals surface area contributed by atoms with Crippen molar-refractivity contribution in [2.75, 3.05) is 0 Å². The molecule has 0 unspecified atom stereocenters. The van der Waals surface area contributed by atoms with Gasteiger partial charge in [0.25, 0.3) is 5.91 Å². The van der Waals surface area contributed by atoms with E-state index in [2.05, 4.69) is 10.5 Å². The molecule has 1 amide bonds. The van der Waals surface area contributed by atoms with Crippen LogP contribution in [0.25, 0.3) is 0 Å². The van der Waals surface area contributed by atoms with Crippen molar-refractivity contribution >= 4 is 5.91 Å². The van der Waals surface area contributed by atoms with Gasteiger partial charge in [-0.05, 0) is 17.7 Å². The van der Waals surface area contributed by atoms with Crippen molar-refractivity contribution in [1.82, 2.24) is 10.5 Å². The molecule has 0 aliphatic heterocycles. The van der Waals surface area contributed by atoms with Gasteiger partial charge in [-0.1, -0.05) is 30.3 Å². The molecular formula is C13H11FN2O2. The Bertz CT molecular complexity index is 532. The van der Waals surface area contributed by atoms with E-state index in [-0.39, 0.29) is 12.2 Å². The Hall–Kier alpha value is -2.27. The van der Waals surface area contributed by atoms with Crippen molar-refractivity contribution in [3.05, 3.63) is 65.7 Å². The van der Waals surface area contributed by atoms with Crippen LogP contribution < -0.4 is 5.48 Å². The van der Waals surface area contributed by atoms with Crippen LogP contribution in [0, 0.1) is 5.95 Å². The van der Waals surface area contributed by atoms with Crippen LogP contribution in [-0.2, 0) is 11.4 Å². The zero-order valence-electron chi connectivity index (χ0n) is 9.47. The lowest BCUT2D eigenvalue weighted by molar-refractivity contribution is 0.0229. The maximum absolute atomic E-state index is 13.2. The summed E-state index contributed by atoms with van der Waals surface area (Å²) in [5.74, 6) is -1.48. The van der Waals surface area contributed by atoms with Gasteiger partial charge in [0.05, 0.1) is 12.2 Å². The molecule has 5 heteroatoms. The summed E-state index contributed by atoms with van der Waals surface area (Å²) in [5, 5.41) is 0. The first kappa shape index (κ1) is 12.2. The molecular weight excluding hydrogens is 235 g/mol. The quantitative estimate of drug-likeness (QED) is 0.663. The number of carbonyl (C=O) groups excluding carboxylic acids is 1. The minimum Gasteiger partial charge on any atom is -0.269 e. The number of pyridine rings is 1. The maximum Gasteiger partial charge on any atom is 0.279 e. The summed E-state index contributed by atoms with van der Waals surface area (Å²) in [6.45, 7) is 0.217. The molecule has 2 rings (SSSR count). The van der Waals surface area contributed by atoms with Crippen LogP contribution in [-0.4, -0.2) is 10.9 Å². The number of carbonyl (C=O) groups is 1. The van der Waals surface area contributed by atoms with E-state index in [0.717, 1.165) is 5.56 Å². The first-order valence-corrected chi connectivity index (χ1v) is 5.34. The highest BCUT2D eigenvalue weighted by atomic mass is 19.1. The molecule has 0 fully saturated rings. The van der Waals surface area contributed by atoms with Gasteiger partial charge in [0.1, 0.15) is 0 Å². The summed E-state index contributed by atoms with van der Waals surface area (Å²) < 4.78 is 13.2. The van der Waals surface area contributed by atoms with Crippen molar-refractivity contribution in [3.8, 4) is 0 Å². The second kappa shape index (κ2) is 5.88. The monoisotopic (exact) mass is 246 g/mol. The van der Waals surface area contributed by atoms with Gasteiger partial charge < -0.3 is 0 Å². The molecule has 4 nitrogen and oxygen atoms in total. The Labute approximate surface area is 103 Å². The number of benzene rings is 1. The summed E-state index contributed by atoms with van der Waals surface area (Å²) in [5.41, 5.74) is 2.93. The standard InChI is InChI=1S/C13H11FN2O2/c14-12-11(7-4-8-15-12)13(17)16-18-9-10-5-2-1-3-6-10/h1-8H,9H2,(H,16,17). The van der Waals surface area contributed by atoms with Gasteiger partial charge in [0, 0.05) is 6.20 Å². The highest BCUT2D eigenvalue weighted by molar-refractivity contribution is 5.93. The van der Waals surface area contributed by atoms with Gasteiger partial charge in [-0.3, -0.25) is 9.63 Å². The van der Waals surface area contributed by atoms with Gasteiger partial charge in [-0.15, -0.1) is 0 Å². The topological polar surface area (TPSA) is 51.2 Å². The fourth-order valence-corrected chi connectivity index (χ4v) is 1.37. The van der Waals surface area contributed by atoms with Crippen LogP contribution in [0.5, 0.6) is 0 Å². The van der Waals surface area contributed by atoms with Crippen LogP contribution in [0.4, 0.5) is 4.39 Å². The summed E-state index contributed by atoms with van der Waals surface area (Å²) in [6.07, 6.45) is 1.27. The third-order valence-electron chi connectivity index (χ3n) is 2.25. The van der Waals surface area contributed by atoms with E-state index in [0.29, 0.717) is 0 Å². The summed E-state index contributed by atoms with van der Waals surface area (Å²) in [6, 6.07) is 12.1. The number of halogens is 1. The number of nitrogens with zero attached hydrogens (tertiary/aromatic N) is 1. The number of hydrogen-bond donors (Lipinski definition) is 1. The summed E-state index contributed by atoms with van der Waals surface area (Å²) in [7, 11) is 0. The maximum atomic E-state index is 13.2. The second-order valence-corrected chi connectivity index (χ2v) is 3.55. The predicted molar refractivity (Wildman–Crippen MR) is 62.9 cm³/mol. The van der Waals surface area contributed by atoms with Crippen LogP contribution in [0.2, 0.25) is 0 Å². The lowest BCUT2D eigenvalue weighted by Crippen LogP contribution is -2.24. The minimum absolute atomic E-state index is 0.148. The van der Waals surface area contributed by atoms with E-state index in [9.17, 15) is 9.18 Å². The highest BCUT2D eigenvalue weighted by Gasteiger charge is 2.11. The Balaban J connectivity index is 1.88. The molecule has 0 aliphatic rings. The minimum atomic E-state index is -0.821. The lowest BCUT2D eigenvalue weighted by atomic mass is 10.2. The molecule has 1 N–H and O–H groups in total. The van der Waals surface area contributed by atoms with Gasteiger partial charge >= 0.3 is 0 Å². The van der Waals surface area contributed by atoms with E-state index in [1.807, 2.05) is 30.3 Å². The van der Waals surface area contributed by atoms with Crippen LogP contribution in [0.15, 0.2) is 48.7 Å². The van der Waals surface area contributed by atoms with E-state index in [4.69, 9.17) is 4.84 Å². The zero-order chi connectivity index (χ0) is 12.8. The molecule has 1 aromatic carbocycles. The van der Waals surface area contributed by atoms with Crippen molar-refractivity contribution in [2.24, 2.45) is 0 Å². The number of nitrogens with one attached hydrogen (secondary N) is 1. The van der Waals surface area contributed by atoms with E-state index in [1.165, 1.54) is 18.3 Å². The average Bonchev–Trinajstić information content (AvgIpc) is 2.40. The van der Waals surface area contributed by atoms with Crippen LogP contribution in [0.1, 0.15) is 15.9 Å². The van der Waals surface area contributed by atoms with Crippen molar-refractivity contribution in [2.45, 2.75) is 6.61 Å². The second-order valence-electron chi connectivity index (χ2n) is 3.55. The molecule has 0 aliphatic carbocycles. The van der Waals surface area contributed by atoms with E-state index in [1.54, 1.807) is 0 Å². The van der Waals surface area contributed by atoms with Gasteiger partial charge in [-0.25, -0.2) is 10.5 Å². The Morgan fingerprint density at radius 3 is 2.72 bits per heavy atom. The molecule has 92 valence electrons. The van der Waals surface area contributed by atoms with Crippen LogP contribution in [0.3, 0.4) is 0 Å². The molecule has 0 spiro atoms. The highest BCUT2D eigenvalue weighted by Crippen LogP contribution is 2.03. The number of hydroxylamine groups is 1. The zero-order valence-corrected chi connectivity index (χ0v) is 9.47. The first-order chi connectivity index (χ1) is 8.77. The smallest absolute Gasteiger partial charge is 0.269 e. The first-order valence-electron chi connectivity index (χ1n) is 5.34. The largest absolute Gasteiger partial charge is 0.279 e. The van der Waals surface area contributed by atoms with Crippen molar-refractivity contribution in [3.63, 3.8) is 0 Å². The van der Waals surface area contributed by atoms with Gasteiger partial charge in [0.15, 0.2) is 0 Å². The molecule has 0 bridgehead atoms. The van der Waals surface area contributed by atoms with Crippen LogP contribution >= 0.6 is 0 Å².